The van der Waals surface area contributed by atoms with Crippen molar-refractivity contribution in [3.8, 4) is 0 Å². The summed E-state index contributed by atoms with van der Waals surface area (Å²) in [7, 11) is 0. The molecule has 1 saturated heterocycles. The number of rotatable bonds is 7. The van der Waals surface area contributed by atoms with Crippen LogP contribution in [0.15, 0.2) is 42.0 Å². The Morgan fingerprint density at radius 2 is 1.82 bits per heavy atom. The molecule has 34 heavy (non-hydrogen) atoms. The quantitative estimate of drug-likeness (QED) is 0.481. The van der Waals surface area contributed by atoms with Gasteiger partial charge in [-0.25, -0.2) is 0 Å². The maximum atomic E-state index is 11.8. The fraction of sp³-hybridized carbons (Fsp3) is 0.690. The van der Waals surface area contributed by atoms with Gasteiger partial charge in [0.05, 0.1) is 5.60 Å². The molecule has 1 aromatic rings. The van der Waals surface area contributed by atoms with Gasteiger partial charge in [-0.1, -0.05) is 50.3 Å². The van der Waals surface area contributed by atoms with Gasteiger partial charge in [0.2, 0.25) is 0 Å². The summed E-state index contributed by atoms with van der Waals surface area (Å²) < 4.78 is 5.56. The Hall–Kier alpha value is -1.69. The minimum Gasteiger partial charge on any atom is -0.458 e. The van der Waals surface area contributed by atoms with Crippen LogP contribution in [0.25, 0.3) is 0 Å². The highest BCUT2D eigenvalue weighted by Gasteiger charge is 2.52. The van der Waals surface area contributed by atoms with Crippen LogP contribution in [0.1, 0.15) is 52.5 Å². The number of carbonyl (C=O) groups is 1. The van der Waals surface area contributed by atoms with E-state index in [0.717, 1.165) is 64.1 Å². The maximum Gasteiger partial charge on any atom is 0.303 e. The number of carbonyl (C=O) groups excluding carboxylic acids is 1. The smallest absolute Gasteiger partial charge is 0.303 e. The number of hydrogen-bond acceptors (Lipinski definition) is 5. The summed E-state index contributed by atoms with van der Waals surface area (Å²) in [5.41, 5.74) is 1.74. The molecule has 0 aromatic heterocycles. The van der Waals surface area contributed by atoms with Crippen LogP contribution in [0.5, 0.6) is 0 Å². The van der Waals surface area contributed by atoms with Crippen molar-refractivity contribution in [1.82, 2.24) is 9.80 Å². The number of piperazine rings is 1. The Balaban J connectivity index is 1.33. The third-order valence-electron chi connectivity index (χ3n) is 8.90. The lowest BCUT2D eigenvalue weighted by Crippen LogP contribution is -2.56. The Kier molecular flexibility index (Phi) is 8.16. The van der Waals surface area contributed by atoms with Crippen molar-refractivity contribution in [2.75, 3.05) is 39.3 Å². The van der Waals surface area contributed by atoms with Crippen molar-refractivity contribution >= 4 is 5.97 Å². The normalized spacial score (nSPS) is 33.6. The molecular weight excluding hydrogens is 424 g/mol. The highest BCUT2D eigenvalue weighted by atomic mass is 16.5. The van der Waals surface area contributed by atoms with Crippen LogP contribution in [0.2, 0.25) is 0 Å². The number of fused-ring (bicyclic) bond motifs is 1. The van der Waals surface area contributed by atoms with Crippen LogP contribution in [-0.2, 0) is 16.0 Å². The zero-order chi connectivity index (χ0) is 24.3. The molecule has 2 aliphatic carbocycles. The lowest BCUT2D eigenvalue weighted by Gasteiger charge is -2.53. The van der Waals surface area contributed by atoms with E-state index in [9.17, 15) is 9.90 Å². The van der Waals surface area contributed by atoms with Gasteiger partial charge in [0.15, 0.2) is 0 Å². The maximum absolute atomic E-state index is 11.8. The van der Waals surface area contributed by atoms with Crippen molar-refractivity contribution in [2.45, 2.75) is 65.1 Å². The van der Waals surface area contributed by atoms with Crippen molar-refractivity contribution in [1.29, 1.82) is 0 Å². The van der Waals surface area contributed by atoms with Gasteiger partial charge in [-0.15, -0.1) is 0 Å². The second-order valence-corrected chi connectivity index (χ2v) is 11.2. The van der Waals surface area contributed by atoms with Crippen molar-refractivity contribution in [3.63, 3.8) is 0 Å². The Morgan fingerprint density at radius 1 is 1.15 bits per heavy atom. The fourth-order valence-electron chi connectivity index (χ4n) is 6.67. The van der Waals surface area contributed by atoms with E-state index in [1.807, 2.05) is 0 Å². The van der Waals surface area contributed by atoms with Crippen LogP contribution >= 0.6 is 0 Å². The van der Waals surface area contributed by atoms with Crippen LogP contribution in [0, 0.1) is 23.7 Å². The van der Waals surface area contributed by atoms with Crippen LogP contribution in [0.3, 0.4) is 0 Å². The van der Waals surface area contributed by atoms with Gasteiger partial charge in [-0.3, -0.25) is 4.79 Å². The van der Waals surface area contributed by atoms with Gasteiger partial charge in [-0.2, -0.15) is 0 Å². The Bertz CT molecular complexity index is 848. The highest BCUT2D eigenvalue weighted by molar-refractivity contribution is 5.66. The predicted octanol–water partition coefficient (Wildman–Crippen LogP) is 4.16. The number of nitrogens with zero attached hydrogens (tertiary/aromatic N) is 2. The molecule has 0 amide bonds. The third-order valence-corrected chi connectivity index (χ3v) is 8.90. The lowest BCUT2D eigenvalue weighted by atomic mass is 9.57. The molecule has 0 bridgehead atoms. The van der Waals surface area contributed by atoms with Crippen LogP contribution in [-0.4, -0.2) is 71.8 Å². The molecule has 1 aromatic carbocycles. The number of esters is 1. The van der Waals surface area contributed by atoms with Crippen LogP contribution in [0.4, 0.5) is 0 Å². The van der Waals surface area contributed by atoms with Gasteiger partial charge < -0.3 is 19.6 Å². The molecule has 3 aliphatic rings. The summed E-state index contributed by atoms with van der Waals surface area (Å²) >= 11 is 0. The van der Waals surface area contributed by atoms with E-state index < -0.39 is 5.60 Å². The number of ether oxygens (including phenoxy) is 1. The van der Waals surface area contributed by atoms with Crippen LogP contribution < -0.4 is 0 Å². The zero-order valence-corrected chi connectivity index (χ0v) is 21.6. The molecule has 1 aliphatic heterocycles. The Labute approximate surface area is 206 Å². The lowest BCUT2D eigenvalue weighted by molar-refractivity contribution is -0.159. The number of benzene rings is 1. The fourth-order valence-corrected chi connectivity index (χ4v) is 6.67. The molecule has 0 spiro atoms. The van der Waals surface area contributed by atoms with E-state index in [-0.39, 0.29) is 23.9 Å². The molecule has 0 unspecified atom stereocenters. The minimum absolute atomic E-state index is 0.144. The van der Waals surface area contributed by atoms with Gasteiger partial charge in [0.25, 0.3) is 0 Å². The first kappa shape index (κ1) is 25.4. The second-order valence-electron chi connectivity index (χ2n) is 11.2. The molecule has 2 fully saturated rings. The summed E-state index contributed by atoms with van der Waals surface area (Å²) in [6, 6.07) is 10.8. The average Bonchev–Trinajstić information content (AvgIpc) is 2.81. The van der Waals surface area contributed by atoms with Gasteiger partial charge in [0.1, 0.15) is 6.10 Å². The van der Waals surface area contributed by atoms with E-state index in [4.69, 9.17) is 4.74 Å². The van der Waals surface area contributed by atoms with Gasteiger partial charge in [-0.05, 0) is 55.1 Å². The van der Waals surface area contributed by atoms with E-state index in [0.29, 0.717) is 18.3 Å². The molecule has 188 valence electrons. The number of aliphatic hydroxyl groups is 1. The Morgan fingerprint density at radius 3 is 2.50 bits per heavy atom. The predicted molar refractivity (Wildman–Crippen MR) is 136 cm³/mol. The topological polar surface area (TPSA) is 53.0 Å². The van der Waals surface area contributed by atoms with Crippen molar-refractivity contribution < 1.29 is 14.6 Å². The standard InChI is InChI=1S/C29H44N2O3/c1-21-18-27-26(11-10-23(3)29(27,33)19-28(21)34-24(4)32)22(2)20-31-16-14-30(15-17-31)13-12-25-8-6-5-7-9-25/h5-9,18,22-23,26-28,33H,10-17,19-20H2,1-4H3/t22-,23-,26+,27-,28-,29-/m1/s1. The highest BCUT2D eigenvalue weighted by Crippen LogP contribution is 2.51. The minimum atomic E-state index is -0.785. The molecule has 1 heterocycles. The summed E-state index contributed by atoms with van der Waals surface area (Å²) in [6.45, 7) is 14.8. The molecule has 1 N–H and O–H groups in total. The zero-order valence-electron chi connectivity index (χ0n) is 21.6. The first-order valence-corrected chi connectivity index (χ1v) is 13.3. The van der Waals surface area contributed by atoms with E-state index in [1.165, 1.54) is 12.5 Å². The van der Waals surface area contributed by atoms with Gasteiger partial charge >= 0.3 is 5.97 Å². The molecule has 5 heteroatoms. The third kappa shape index (κ3) is 5.75. The van der Waals surface area contributed by atoms with E-state index in [1.54, 1.807) is 0 Å². The summed E-state index contributed by atoms with van der Waals surface area (Å²) in [5, 5.41) is 11.8. The van der Waals surface area contributed by atoms with Gasteiger partial charge in [0, 0.05) is 58.5 Å². The molecule has 4 rings (SSSR count). The molecular formula is C29H44N2O3. The second kappa shape index (κ2) is 10.9. The summed E-state index contributed by atoms with van der Waals surface area (Å²) in [4.78, 5) is 16.8. The van der Waals surface area contributed by atoms with E-state index >= 15 is 0 Å². The molecule has 1 saturated carbocycles. The average molecular weight is 469 g/mol. The molecule has 0 radical (unpaired) electrons. The van der Waals surface area contributed by atoms with Crippen molar-refractivity contribution in [3.05, 3.63) is 47.5 Å². The van der Waals surface area contributed by atoms with Crippen molar-refractivity contribution in [2.24, 2.45) is 23.7 Å². The first-order valence-electron chi connectivity index (χ1n) is 13.3. The SMILES string of the molecule is CC(=O)O[C@@H]1C[C@@]2(O)[C@H](C)CC[C@@H]([C@H](C)CN3CCN(CCc4ccccc4)CC3)[C@H]2C=C1C. The first-order chi connectivity index (χ1) is 16.3. The molecule has 5 nitrogen and oxygen atoms in total. The summed E-state index contributed by atoms with van der Waals surface area (Å²) in [6.07, 6.45) is 5.81. The monoisotopic (exact) mass is 468 g/mol. The van der Waals surface area contributed by atoms with E-state index in [2.05, 4.69) is 67.0 Å². The molecule has 6 atom stereocenters. The largest absolute Gasteiger partial charge is 0.458 e. The summed E-state index contributed by atoms with van der Waals surface area (Å²) in [5.74, 6) is 1.08. The number of hydrogen-bond donors (Lipinski definition) is 1.